The van der Waals surface area contributed by atoms with Crippen LogP contribution in [0.2, 0.25) is 0 Å². The first-order valence-electron chi connectivity index (χ1n) is 7.82. The van der Waals surface area contributed by atoms with Gasteiger partial charge in [0.1, 0.15) is 11.5 Å². The van der Waals surface area contributed by atoms with Gasteiger partial charge < -0.3 is 14.8 Å². The minimum atomic E-state index is -0.211. The van der Waals surface area contributed by atoms with Crippen molar-refractivity contribution in [1.82, 2.24) is 0 Å². The topological polar surface area (TPSA) is 47.6 Å². The van der Waals surface area contributed by atoms with Crippen LogP contribution in [-0.4, -0.2) is 19.1 Å². The van der Waals surface area contributed by atoms with Crippen LogP contribution in [0.1, 0.15) is 24.5 Å². The maximum Gasteiger partial charge on any atom is 0.262 e. The second-order valence-corrected chi connectivity index (χ2v) is 5.45. The van der Waals surface area contributed by atoms with E-state index in [4.69, 9.17) is 9.47 Å². The molecule has 4 heteroatoms. The number of amides is 1. The number of anilines is 1. The number of benzene rings is 2. The van der Waals surface area contributed by atoms with Crippen LogP contribution in [0.5, 0.6) is 11.5 Å². The van der Waals surface area contributed by atoms with Gasteiger partial charge in [-0.2, -0.15) is 0 Å². The molecule has 0 aromatic heterocycles. The summed E-state index contributed by atoms with van der Waals surface area (Å²) in [4.78, 5) is 12.1. The lowest BCUT2D eigenvalue weighted by atomic mass is 10.1. The third-order valence-electron chi connectivity index (χ3n) is 3.31. The Morgan fingerprint density at radius 2 is 1.83 bits per heavy atom. The van der Waals surface area contributed by atoms with Crippen LogP contribution in [-0.2, 0) is 4.79 Å². The fraction of sp³-hybridized carbons (Fsp3) is 0.316. The maximum atomic E-state index is 12.1. The number of aryl methyl sites for hydroxylation is 2. The van der Waals surface area contributed by atoms with Gasteiger partial charge in [0.05, 0.1) is 12.3 Å². The highest BCUT2D eigenvalue weighted by Gasteiger charge is 2.09. The Balaban J connectivity index is 1.94. The molecule has 0 atom stereocenters. The van der Waals surface area contributed by atoms with E-state index < -0.39 is 0 Å². The highest BCUT2D eigenvalue weighted by atomic mass is 16.5. The van der Waals surface area contributed by atoms with E-state index in [1.807, 2.05) is 63.2 Å². The Kier molecular flexibility index (Phi) is 6.03. The molecule has 0 heterocycles. The molecule has 0 aliphatic heterocycles. The van der Waals surface area contributed by atoms with Crippen molar-refractivity contribution in [3.8, 4) is 11.5 Å². The summed E-state index contributed by atoms with van der Waals surface area (Å²) in [6, 6.07) is 13.3. The smallest absolute Gasteiger partial charge is 0.262 e. The molecule has 122 valence electrons. The molecule has 1 N–H and O–H groups in total. The highest BCUT2D eigenvalue weighted by molar-refractivity contribution is 5.93. The summed E-state index contributed by atoms with van der Waals surface area (Å²) in [5.41, 5.74) is 2.85. The number of para-hydroxylation sites is 2. The predicted octanol–water partition coefficient (Wildman–Crippen LogP) is 4.11. The van der Waals surface area contributed by atoms with Gasteiger partial charge in [-0.15, -0.1) is 0 Å². The molecule has 0 spiro atoms. The highest BCUT2D eigenvalue weighted by Crippen LogP contribution is 2.24. The zero-order valence-electron chi connectivity index (χ0n) is 13.9. The van der Waals surface area contributed by atoms with Crippen LogP contribution < -0.4 is 14.8 Å². The van der Waals surface area contributed by atoms with E-state index in [9.17, 15) is 4.79 Å². The molecule has 2 rings (SSSR count). The van der Waals surface area contributed by atoms with E-state index in [2.05, 4.69) is 5.32 Å². The average molecular weight is 313 g/mol. The second-order valence-electron chi connectivity index (χ2n) is 5.45. The van der Waals surface area contributed by atoms with E-state index in [-0.39, 0.29) is 12.5 Å². The molecule has 4 nitrogen and oxygen atoms in total. The molecule has 2 aromatic rings. The summed E-state index contributed by atoms with van der Waals surface area (Å²) >= 11 is 0. The third kappa shape index (κ3) is 5.02. The van der Waals surface area contributed by atoms with Crippen molar-refractivity contribution < 1.29 is 14.3 Å². The van der Waals surface area contributed by atoms with Crippen LogP contribution in [0.15, 0.2) is 42.5 Å². The minimum absolute atomic E-state index is 0.0357. The SMILES string of the molecule is CCCOc1ccccc1NC(=O)COc1ccc(C)cc1C. The molecule has 0 saturated carbocycles. The summed E-state index contributed by atoms with van der Waals surface area (Å²) in [5.74, 6) is 1.19. The molecular formula is C19H23NO3. The van der Waals surface area contributed by atoms with Crippen LogP contribution in [0, 0.1) is 13.8 Å². The monoisotopic (exact) mass is 313 g/mol. The third-order valence-corrected chi connectivity index (χ3v) is 3.31. The van der Waals surface area contributed by atoms with Crippen LogP contribution in [0.4, 0.5) is 5.69 Å². The Morgan fingerprint density at radius 3 is 2.57 bits per heavy atom. The molecule has 1 amide bonds. The summed E-state index contributed by atoms with van der Waals surface area (Å²) in [6.45, 7) is 6.61. The zero-order valence-corrected chi connectivity index (χ0v) is 13.9. The molecule has 0 radical (unpaired) electrons. The van der Waals surface area contributed by atoms with Gasteiger partial charge in [-0.1, -0.05) is 36.8 Å². The van der Waals surface area contributed by atoms with E-state index >= 15 is 0 Å². The lowest BCUT2D eigenvalue weighted by Gasteiger charge is -2.13. The van der Waals surface area contributed by atoms with Gasteiger partial charge in [-0.25, -0.2) is 0 Å². The first kappa shape index (κ1) is 16.9. The van der Waals surface area contributed by atoms with Crippen LogP contribution in [0.25, 0.3) is 0 Å². The summed E-state index contributed by atoms with van der Waals surface area (Å²) in [5, 5.41) is 2.83. The Hall–Kier alpha value is -2.49. The lowest BCUT2D eigenvalue weighted by molar-refractivity contribution is -0.118. The van der Waals surface area contributed by atoms with Crippen molar-refractivity contribution >= 4 is 11.6 Å². The van der Waals surface area contributed by atoms with Gasteiger partial charge in [0.15, 0.2) is 6.61 Å². The summed E-state index contributed by atoms with van der Waals surface area (Å²) in [7, 11) is 0. The molecule has 0 unspecified atom stereocenters. The second kappa shape index (κ2) is 8.22. The van der Waals surface area contributed by atoms with Crippen molar-refractivity contribution in [3.05, 3.63) is 53.6 Å². The van der Waals surface area contributed by atoms with Gasteiger partial charge in [0, 0.05) is 0 Å². The standard InChI is InChI=1S/C19H23NO3/c1-4-11-22-18-8-6-5-7-16(18)20-19(21)13-23-17-10-9-14(2)12-15(17)3/h5-10,12H,4,11,13H2,1-3H3,(H,20,21). The van der Waals surface area contributed by atoms with Crippen LogP contribution >= 0.6 is 0 Å². The number of carbonyl (C=O) groups excluding carboxylic acids is 1. The van der Waals surface area contributed by atoms with Crippen molar-refractivity contribution in [2.45, 2.75) is 27.2 Å². The summed E-state index contributed by atoms with van der Waals surface area (Å²) < 4.78 is 11.2. The number of carbonyl (C=O) groups is 1. The number of hydrogen-bond donors (Lipinski definition) is 1. The lowest BCUT2D eigenvalue weighted by Crippen LogP contribution is -2.20. The normalized spacial score (nSPS) is 10.2. The fourth-order valence-corrected chi connectivity index (χ4v) is 2.20. The van der Waals surface area contributed by atoms with E-state index in [1.54, 1.807) is 0 Å². The molecule has 0 fully saturated rings. The summed E-state index contributed by atoms with van der Waals surface area (Å²) in [6.07, 6.45) is 0.915. The first-order chi connectivity index (χ1) is 11.1. The van der Waals surface area contributed by atoms with E-state index in [1.165, 1.54) is 5.56 Å². The van der Waals surface area contributed by atoms with Crippen molar-refractivity contribution in [2.24, 2.45) is 0 Å². The van der Waals surface area contributed by atoms with Crippen molar-refractivity contribution in [2.75, 3.05) is 18.5 Å². The van der Waals surface area contributed by atoms with Crippen molar-refractivity contribution in [1.29, 1.82) is 0 Å². The molecule has 23 heavy (non-hydrogen) atoms. The van der Waals surface area contributed by atoms with E-state index in [0.717, 1.165) is 17.7 Å². The van der Waals surface area contributed by atoms with Gasteiger partial charge in [0.25, 0.3) is 5.91 Å². The molecule has 0 aliphatic rings. The quantitative estimate of drug-likeness (QED) is 0.837. The molecular weight excluding hydrogens is 290 g/mol. The van der Waals surface area contributed by atoms with E-state index in [0.29, 0.717) is 18.0 Å². The van der Waals surface area contributed by atoms with Crippen molar-refractivity contribution in [3.63, 3.8) is 0 Å². The molecule has 0 saturated heterocycles. The van der Waals surface area contributed by atoms with Gasteiger partial charge in [-0.3, -0.25) is 4.79 Å². The number of nitrogens with one attached hydrogen (secondary N) is 1. The predicted molar refractivity (Wildman–Crippen MR) is 92.3 cm³/mol. The number of rotatable bonds is 7. The van der Waals surface area contributed by atoms with Gasteiger partial charge in [0.2, 0.25) is 0 Å². The zero-order chi connectivity index (χ0) is 16.7. The van der Waals surface area contributed by atoms with Gasteiger partial charge in [-0.05, 0) is 44.0 Å². The molecule has 2 aromatic carbocycles. The van der Waals surface area contributed by atoms with Gasteiger partial charge >= 0.3 is 0 Å². The van der Waals surface area contributed by atoms with Crippen LogP contribution in [0.3, 0.4) is 0 Å². The Morgan fingerprint density at radius 1 is 1.04 bits per heavy atom. The fourth-order valence-electron chi connectivity index (χ4n) is 2.20. The minimum Gasteiger partial charge on any atom is -0.491 e. The number of hydrogen-bond acceptors (Lipinski definition) is 3. The molecule has 0 aliphatic carbocycles. The Labute approximate surface area is 137 Å². The molecule has 0 bridgehead atoms. The number of ether oxygens (including phenoxy) is 2. The first-order valence-corrected chi connectivity index (χ1v) is 7.82. The maximum absolute atomic E-state index is 12.1. The Bertz CT molecular complexity index is 667. The average Bonchev–Trinajstić information content (AvgIpc) is 2.53. The largest absolute Gasteiger partial charge is 0.491 e.